The van der Waals surface area contributed by atoms with E-state index >= 15 is 0 Å². The van der Waals surface area contributed by atoms with E-state index in [9.17, 15) is 18.0 Å². The van der Waals surface area contributed by atoms with Gasteiger partial charge in [-0.25, -0.2) is 13.2 Å². The largest absolute Gasteiger partial charge is 0.450 e. The number of nitrogens with zero attached hydrogens (tertiary/aromatic N) is 2. The predicted octanol–water partition coefficient (Wildman–Crippen LogP) is 3.06. The second-order valence-corrected chi connectivity index (χ2v) is 8.74. The van der Waals surface area contributed by atoms with Crippen molar-refractivity contribution in [3.8, 4) is 0 Å². The average Bonchev–Trinajstić information content (AvgIpc) is 2.73. The molecule has 2 amide bonds. The summed E-state index contributed by atoms with van der Waals surface area (Å²) in [6, 6.07) is 12.2. The van der Waals surface area contributed by atoms with Crippen LogP contribution in [-0.4, -0.2) is 63.0 Å². The lowest BCUT2D eigenvalue weighted by Crippen LogP contribution is -2.50. The van der Waals surface area contributed by atoms with Crippen LogP contribution in [0.3, 0.4) is 0 Å². The summed E-state index contributed by atoms with van der Waals surface area (Å²) in [7, 11) is -3.89. The maximum atomic E-state index is 12.8. The number of amides is 2. The van der Waals surface area contributed by atoms with Crippen molar-refractivity contribution in [2.75, 3.05) is 37.5 Å². The molecule has 2 aromatic rings. The quantitative estimate of drug-likeness (QED) is 0.753. The van der Waals surface area contributed by atoms with Crippen LogP contribution >= 0.6 is 11.6 Å². The number of hydrogen-bond acceptors (Lipinski definition) is 5. The third-order valence-electron chi connectivity index (χ3n) is 4.56. The van der Waals surface area contributed by atoms with Crippen molar-refractivity contribution >= 4 is 39.3 Å². The zero-order valence-electron chi connectivity index (χ0n) is 16.4. The van der Waals surface area contributed by atoms with Crippen molar-refractivity contribution in [3.63, 3.8) is 0 Å². The minimum atomic E-state index is -3.89. The van der Waals surface area contributed by atoms with Gasteiger partial charge in [-0.1, -0.05) is 23.7 Å². The second kappa shape index (κ2) is 9.36. The first-order chi connectivity index (χ1) is 14.3. The van der Waals surface area contributed by atoms with E-state index in [0.29, 0.717) is 43.5 Å². The molecule has 0 bridgehead atoms. The van der Waals surface area contributed by atoms with Gasteiger partial charge in [0.05, 0.1) is 17.2 Å². The number of piperazine rings is 1. The first-order valence-electron chi connectivity index (χ1n) is 9.39. The van der Waals surface area contributed by atoms with E-state index in [2.05, 4.69) is 4.72 Å². The molecule has 0 aromatic heterocycles. The fourth-order valence-electron chi connectivity index (χ4n) is 3.05. The molecule has 0 spiro atoms. The molecule has 0 aliphatic carbocycles. The lowest BCUT2D eigenvalue weighted by Gasteiger charge is -2.34. The van der Waals surface area contributed by atoms with Gasteiger partial charge in [-0.2, -0.15) is 0 Å². The molecule has 0 atom stereocenters. The highest BCUT2D eigenvalue weighted by Gasteiger charge is 2.26. The van der Waals surface area contributed by atoms with Crippen LogP contribution in [0.2, 0.25) is 5.02 Å². The van der Waals surface area contributed by atoms with Gasteiger partial charge in [-0.05, 0) is 43.3 Å². The maximum absolute atomic E-state index is 12.8. The molecule has 1 aliphatic heterocycles. The highest BCUT2D eigenvalue weighted by atomic mass is 35.5. The van der Waals surface area contributed by atoms with Crippen molar-refractivity contribution in [2.45, 2.75) is 11.8 Å². The number of carbonyl (C=O) groups is 2. The van der Waals surface area contributed by atoms with Crippen LogP contribution in [0.25, 0.3) is 0 Å². The molecule has 1 fully saturated rings. The van der Waals surface area contributed by atoms with Crippen LogP contribution in [0.4, 0.5) is 10.5 Å². The Labute approximate surface area is 180 Å². The van der Waals surface area contributed by atoms with Gasteiger partial charge >= 0.3 is 6.09 Å². The van der Waals surface area contributed by atoms with Gasteiger partial charge < -0.3 is 14.5 Å². The fraction of sp³-hybridized carbons (Fsp3) is 0.300. The van der Waals surface area contributed by atoms with Crippen molar-refractivity contribution in [3.05, 3.63) is 59.1 Å². The molecule has 30 heavy (non-hydrogen) atoms. The number of anilines is 1. The second-order valence-electron chi connectivity index (χ2n) is 6.62. The Balaban J connectivity index is 1.70. The van der Waals surface area contributed by atoms with E-state index in [0.717, 1.165) is 0 Å². The van der Waals surface area contributed by atoms with Crippen LogP contribution < -0.4 is 4.72 Å². The van der Waals surface area contributed by atoms with E-state index in [4.69, 9.17) is 16.3 Å². The Hall–Kier alpha value is -2.78. The molecule has 10 heteroatoms. The summed E-state index contributed by atoms with van der Waals surface area (Å²) in [4.78, 5) is 27.7. The molecule has 1 aliphatic rings. The molecule has 2 aromatic carbocycles. The first kappa shape index (κ1) is 21.9. The van der Waals surface area contributed by atoms with E-state index in [1.165, 1.54) is 24.3 Å². The third-order valence-corrected chi connectivity index (χ3v) is 6.18. The van der Waals surface area contributed by atoms with E-state index in [-0.39, 0.29) is 16.4 Å². The van der Waals surface area contributed by atoms with E-state index < -0.39 is 16.1 Å². The maximum Gasteiger partial charge on any atom is 0.409 e. The zero-order chi connectivity index (χ0) is 21.7. The fourth-order valence-corrected chi connectivity index (χ4v) is 4.34. The smallest absolute Gasteiger partial charge is 0.409 e. The first-order valence-corrected chi connectivity index (χ1v) is 11.3. The number of ether oxygens (including phenoxy) is 1. The summed E-state index contributed by atoms with van der Waals surface area (Å²) in [5.74, 6) is -0.293. The lowest BCUT2D eigenvalue weighted by atomic mass is 10.2. The SMILES string of the molecule is CCOC(=O)N1CCN(C(=O)c2cccc(S(=O)(=O)Nc3cccc(Cl)c3)c2)CC1. The van der Waals surface area contributed by atoms with Gasteiger partial charge in [0.15, 0.2) is 0 Å². The topological polar surface area (TPSA) is 96.0 Å². The van der Waals surface area contributed by atoms with Gasteiger partial charge in [0, 0.05) is 36.8 Å². The Kier molecular flexibility index (Phi) is 6.84. The number of nitrogens with one attached hydrogen (secondary N) is 1. The van der Waals surface area contributed by atoms with Crippen molar-refractivity contribution in [1.82, 2.24) is 9.80 Å². The number of carbonyl (C=O) groups excluding carboxylic acids is 2. The normalized spacial score (nSPS) is 14.3. The zero-order valence-corrected chi connectivity index (χ0v) is 17.9. The standard InChI is InChI=1S/C20H22ClN3O5S/c1-2-29-20(26)24-11-9-23(10-12-24)19(25)15-5-3-8-18(13-15)30(27,28)22-17-7-4-6-16(21)14-17/h3-8,13-14,22H,2,9-12H2,1H3. The van der Waals surface area contributed by atoms with Gasteiger partial charge in [-0.15, -0.1) is 0 Å². The average molecular weight is 452 g/mol. The minimum absolute atomic E-state index is 0.0292. The molecule has 0 saturated carbocycles. The number of halogens is 1. The highest BCUT2D eigenvalue weighted by molar-refractivity contribution is 7.92. The molecular formula is C20H22ClN3O5S. The third kappa shape index (κ3) is 5.22. The Morgan fingerprint density at radius 2 is 1.70 bits per heavy atom. The summed E-state index contributed by atoms with van der Waals surface area (Å²) in [6.45, 7) is 3.44. The van der Waals surface area contributed by atoms with Crippen LogP contribution in [0.15, 0.2) is 53.4 Å². The van der Waals surface area contributed by atoms with Crippen molar-refractivity contribution in [2.24, 2.45) is 0 Å². The van der Waals surface area contributed by atoms with Crippen LogP contribution in [-0.2, 0) is 14.8 Å². The van der Waals surface area contributed by atoms with Crippen molar-refractivity contribution < 1.29 is 22.7 Å². The molecule has 0 radical (unpaired) electrons. The van der Waals surface area contributed by atoms with Crippen LogP contribution in [0, 0.1) is 0 Å². The van der Waals surface area contributed by atoms with E-state index in [1.54, 1.807) is 41.0 Å². The minimum Gasteiger partial charge on any atom is -0.450 e. The number of sulfonamides is 1. The summed E-state index contributed by atoms with van der Waals surface area (Å²) in [6.07, 6.45) is -0.398. The monoisotopic (exact) mass is 451 g/mol. The summed E-state index contributed by atoms with van der Waals surface area (Å²) in [5.41, 5.74) is 0.586. The predicted molar refractivity (Wildman–Crippen MR) is 113 cm³/mol. The van der Waals surface area contributed by atoms with Gasteiger partial charge in [-0.3, -0.25) is 9.52 Å². The lowest BCUT2D eigenvalue weighted by molar-refractivity contribution is 0.0570. The number of hydrogen-bond donors (Lipinski definition) is 1. The van der Waals surface area contributed by atoms with Crippen LogP contribution in [0.1, 0.15) is 17.3 Å². The van der Waals surface area contributed by atoms with Gasteiger partial charge in [0.25, 0.3) is 15.9 Å². The Morgan fingerprint density at radius 1 is 1.03 bits per heavy atom. The van der Waals surface area contributed by atoms with Gasteiger partial charge in [0.2, 0.25) is 0 Å². The van der Waals surface area contributed by atoms with E-state index in [1.807, 2.05) is 0 Å². The molecule has 3 rings (SSSR count). The summed E-state index contributed by atoms with van der Waals surface area (Å²) >= 11 is 5.90. The summed E-state index contributed by atoms with van der Waals surface area (Å²) < 4.78 is 32.8. The molecule has 0 unspecified atom stereocenters. The van der Waals surface area contributed by atoms with Crippen LogP contribution in [0.5, 0.6) is 0 Å². The molecular weight excluding hydrogens is 430 g/mol. The number of benzene rings is 2. The van der Waals surface area contributed by atoms with Crippen molar-refractivity contribution in [1.29, 1.82) is 0 Å². The molecule has 160 valence electrons. The Morgan fingerprint density at radius 3 is 2.37 bits per heavy atom. The molecule has 8 nitrogen and oxygen atoms in total. The Bertz CT molecular complexity index is 1040. The number of rotatable bonds is 5. The molecule has 1 N–H and O–H groups in total. The highest BCUT2D eigenvalue weighted by Crippen LogP contribution is 2.21. The molecule has 1 heterocycles. The molecule has 1 saturated heterocycles. The summed E-state index contributed by atoms with van der Waals surface area (Å²) in [5, 5.41) is 0.404. The van der Waals surface area contributed by atoms with Gasteiger partial charge in [0.1, 0.15) is 0 Å².